The highest BCUT2D eigenvalue weighted by atomic mass is 35.5. The summed E-state index contributed by atoms with van der Waals surface area (Å²) in [5.74, 6) is -0.981. The first-order valence-corrected chi connectivity index (χ1v) is 14.9. The summed E-state index contributed by atoms with van der Waals surface area (Å²) < 4.78 is 28.5. The zero-order chi connectivity index (χ0) is 28.7. The van der Waals surface area contributed by atoms with Crippen LogP contribution < -0.4 is 9.62 Å². The molecule has 0 aromatic heterocycles. The second kappa shape index (κ2) is 13.5. The van der Waals surface area contributed by atoms with Crippen molar-refractivity contribution in [3.05, 3.63) is 93.4 Å². The van der Waals surface area contributed by atoms with E-state index in [2.05, 4.69) is 5.32 Å². The van der Waals surface area contributed by atoms with E-state index in [0.29, 0.717) is 17.0 Å². The molecule has 0 radical (unpaired) electrons. The third kappa shape index (κ3) is 7.88. The molecule has 7 nitrogen and oxygen atoms in total. The smallest absolute Gasteiger partial charge is 0.264 e. The lowest BCUT2D eigenvalue weighted by Gasteiger charge is -2.32. The summed E-state index contributed by atoms with van der Waals surface area (Å²) in [6.45, 7) is 4.77. The first-order chi connectivity index (χ1) is 18.4. The van der Waals surface area contributed by atoms with Crippen molar-refractivity contribution in [1.29, 1.82) is 0 Å². The Morgan fingerprint density at radius 1 is 0.897 bits per heavy atom. The van der Waals surface area contributed by atoms with Gasteiger partial charge in [0.05, 0.1) is 10.6 Å². The van der Waals surface area contributed by atoms with E-state index in [9.17, 15) is 18.0 Å². The van der Waals surface area contributed by atoms with Crippen molar-refractivity contribution in [3.63, 3.8) is 0 Å². The number of hydrogen-bond donors (Lipinski definition) is 1. The molecular weight excluding hydrogens is 581 g/mol. The number of anilines is 1. The summed E-state index contributed by atoms with van der Waals surface area (Å²) in [6, 6.07) is 17.9. The molecule has 0 aliphatic rings. The summed E-state index contributed by atoms with van der Waals surface area (Å²) >= 11 is 18.8. The SMILES string of the molecule is CC[C@@H](C)NC(=O)[C@H](C)N(Cc1ccccc1Cl)C(=O)CN(c1cc(Cl)cc(Cl)c1)S(=O)(=O)c1ccccc1. The molecule has 2 atom stereocenters. The third-order valence-electron chi connectivity index (χ3n) is 6.21. The number of sulfonamides is 1. The molecule has 2 amide bonds. The van der Waals surface area contributed by atoms with Crippen LogP contribution in [0.1, 0.15) is 32.8 Å². The topological polar surface area (TPSA) is 86.8 Å². The van der Waals surface area contributed by atoms with E-state index in [0.717, 1.165) is 4.31 Å². The monoisotopic (exact) mass is 609 g/mol. The Labute approximate surface area is 244 Å². The number of amides is 2. The average molecular weight is 611 g/mol. The number of benzene rings is 3. The number of nitrogens with one attached hydrogen (secondary N) is 1. The Balaban J connectivity index is 2.06. The average Bonchev–Trinajstić information content (AvgIpc) is 2.90. The lowest BCUT2D eigenvalue weighted by Crippen LogP contribution is -2.52. The van der Waals surface area contributed by atoms with Crippen molar-refractivity contribution in [2.24, 2.45) is 0 Å². The Kier molecular flexibility index (Phi) is 10.7. The number of carbonyl (C=O) groups excluding carboxylic acids is 2. The van der Waals surface area contributed by atoms with Crippen LogP contribution in [-0.2, 0) is 26.2 Å². The maximum absolute atomic E-state index is 13.9. The van der Waals surface area contributed by atoms with Crippen molar-refractivity contribution in [3.8, 4) is 0 Å². The van der Waals surface area contributed by atoms with Crippen LogP contribution in [0.3, 0.4) is 0 Å². The van der Waals surface area contributed by atoms with Crippen LogP contribution in [0.25, 0.3) is 0 Å². The number of hydrogen-bond acceptors (Lipinski definition) is 4. The van der Waals surface area contributed by atoms with E-state index < -0.39 is 28.5 Å². The number of rotatable bonds is 11. The molecule has 3 rings (SSSR count). The van der Waals surface area contributed by atoms with Gasteiger partial charge in [-0.25, -0.2) is 8.42 Å². The largest absolute Gasteiger partial charge is 0.352 e. The maximum Gasteiger partial charge on any atom is 0.264 e. The Bertz CT molecular complexity index is 1400. The van der Waals surface area contributed by atoms with Crippen molar-refractivity contribution in [2.75, 3.05) is 10.8 Å². The van der Waals surface area contributed by atoms with Gasteiger partial charge in [-0.1, -0.05) is 78.1 Å². The fraction of sp³-hybridized carbons (Fsp3) is 0.286. The van der Waals surface area contributed by atoms with E-state index in [4.69, 9.17) is 34.8 Å². The van der Waals surface area contributed by atoms with Crippen molar-refractivity contribution in [2.45, 2.75) is 50.7 Å². The first-order valence-electron chi connectivity index (χ1n) is 12.3. The van der Waals surface area contributed by atoms with Gasteiger partial charge in [0.25, 0.3) is 10.0 Å². The van der Waals surface area contributed by atoms with Crippen LogP contribution in [-0.4, -0.2) is 43.8 Å². The maximum atomic E-state index is 13.9. The molecule has 0 spiro atoms. The van der Waals surface area contributed by atoms with E-state index in [1.54, 1.807) is 49.4 Å². The molecule has 0 saturated carbocycles. The molecule has 0 bridgehead atoms. The van der Waals surface area contributed by atoms with Gasteiger partial charge in [0.1, 0.15) is 12.6 Å². The number of halogens is 3. The van der Waals surface area contributed by atoms with Gasteiger partial charge in [0, 0.05) is 27.7 Å². The van der Waals surface area contributed by atoms with Crippen molar-refractivity contribution in [1.82, 2.24) is 10.2 Å². The van der Waals surface area contributed by atoms with Crippen LogP contribution in [0.4, 0.5) is 5.69 Å². The summed E-state index contributed by atoms with van der Waals surface area (Å²) in [4.78, 5) is 28.3. The van der Waals surface area contributed by atoms with E-state index >= 15 is 0 Å². The molecule has 11 heteroatoms. The quantitative estimate of drug-likeness (QED) is 0.281. The van der Waals surface area contributed by atoms with E-state index in [1.165, 1.54) is 35.2 Å². The van der Waals surface area contributed by atoms with E-state index in [1.807, 2.05) is 13.8 Å². The van der Waals surface area contributed by atoms with Gasteiger partial charge < -0.3 is 10.2 Å². The normalized spacial score (nSPS) is 12.9. The minimum atomic E-state index is -4.22. The molecule has 208 valence electrons. The summed E-state index contributed by atoms with van der Waals surface area (Å²) in [5, 5.41) is 3.71. The van der Waals surface area contributed by atoms with Gasteiger partial charge in [-0.2, -0.15) is 0 Å². The lowest BCUT2D eigenvalue weighted by atomic mass is 10.1. The van der Waals surface area contributed by atoms with Crippen LogP contribution in [0.5, 0.6) is 0 Å². The lowest BCUT2D eigenvalue weighted by molar-refractivity contribution is -0.139. The first kappa shape index (κ1) is 30.8. The molecule has 0 aliphatic carbocycles. The molecule has 0 unspecified atom stereocenters. The molecule has 0 heterocycles. The molecule has 3 aromatic carbocycles. The van der Waals surface area contributed by atoms with Gasteiger partial charge in [-0.05, 0) is 62.2 Å². The number of nitrogens with zero attached hydrogens (tertiary/aromatic N) is 2. The standard InChI is InChI=1S/C28H30Cl3N3O4S/c1-4-19(2)32-28(36)20(3)33(17-21-10-8-9-13-26(21)31)27(35)18-34(24-15-22(29)14-23(30)16-24)39(37,38)25-11-6-5-7-12-25/h5-16,19-20H,4,17-18H2,1-3H3,(H,32,36)/t19-,20+/m1/s1. The van der Waals surface area contributed by atoms with Crippen LogP contribution in [0, 0.1) is 0 Å². The van der Waals surface area contributed by atoms with Gasteiger partial charge >= 0.3 is 0 Å². The van der Waals surface area contributed by atoms with Crippen molar-refractivity contribution >= 4 is 62.3 Å². The zero-order valence-electron chi connectivity index (χ0n) is 21.8. The Hall–Kier alpha value is -2.78. The molecule has 3 aromatic rings. The minimum Gasteiger partial charge on any atom is -0.352 e. The molecule has 1 N–H and O–H groups in total. The van der Waals surface area contributed by atoms with E-state index in [-0.39, 0.29) is 39.1 Å². The zero-order valence-corrected chi connectivity index (χ0v) is 24.9. The fourth-order valence-corrected chi connectivity index (χ4v) is 5.92. The minimum absolute atomic E-state index is 0.0108. The summed E-state index contributed by atoms with van der Waals surface area (Å²) in [6.07, 6.45) is 0.704. The molecule has 0 aliphatic heterocycles. The van der Waals surface area contributed by atoms with Gasteiger partial charge in [-0.15, -0.1) is 0 Å². The van der Waals surface area contributed by atoms with Crippen LogP contribution >= 0.6 is 34.8 Å². The Morgan fingerprint density at radius 2 is 1.49 bits per heavy atom. The van der Waals surface area contributed by atoms with Crippen LogP contribution in [0.15, 0.2) is 77.7 Å². The fourth-order valence-electron chi connectivity index (χ4n) is 3.79. The summed E-state index contributed by atoms with van der Waals surface area (Å²) in [7, 11) is -4.22. The molecular formula is C28H30Cl3N3O4S. The highest BCUT2D eigenvalue weighted by molar-refractivity contribution is 7.92. The molecule has 0 fully saturated rings. The second-order valence-electron chi connectivity index (χ2n) is 9.06. The second-order valence-corrected chi connectivity index (χ2v) is 12.2. The highest BCUT2D eigenvalue weighted by Gasteiger charge is 2.33. The molecule has 39 heavy (non-hydrogen) atoms. The van der Waals surface area contributed by atoms with Gasteiger partial charge in [0.15, 0.2) is 0 Å². The number of carbonyl (C=O) groups is 2. The summed E-state index contributed by atoms with van der Waals surface area (Å²) in [5.41, 5.74) is 0.720. The highest BCUT2D eigenvalue weighted by Crippen LogP contribution is 2.30. The third-order valence-corrected chi connectivity index (χ3v) is 8.81. The molecule has 0 saturated heterocycles. The van der Waals surface area contributed by atoms with Gasteiger partial charge in [0.2, 0.25) is 11.8 Å². The predicted octanol–water partition coefficient (Wildman–Crippen LogP) is 6.17. The van der Waals surface area contributed by atoms with Crippen LogP contribution in [0.2, 0.25) is 15.1 Å². The predicted molar refractivity (Wildman–Crippen MR) is 157 cm³/mol. The van der Waals surface area contributed by atoms with Crippen molar-refractivity contribution < 1.29 is 18.0 Å². The van der Waals surface area contributed by atoms with Gasteiger partial charge in [-0.3, -0.25) is 13.9 Å². The Morgan fingerprint density at radius 3 is 2.08 bits per heavy atom.